The Morgan fingerprint density at radius 1 is 0.852 bits per heavy atom. The van der Waals surface area contributed by atoms with Crippen molar-refractivity contribution in [2.75, 3.05) is 0 Å². The predicted octanol–water partition coefficient (Wildman–Crippen LogP) is 4.45. The van der Waals surface area contributed by atoms with E-state index in [-0.39, 0.29) is 40.6 Å². The Labute approximate surface area is 154 Å². The molecule has 0 amide bonds. The minimum absolute atomic E-state index is 0.000241. The molecule has 2 N–H and O–H groups in total. The molecular formula is C22H16O5. The molecule has 0 saturated carbocycles. The molecule has 134 valence electrons. The molecule has 0 aliphatic carbocycles. The smallest absolute Gasteiger partial charge is 0.235 e. The first-order valence-electron chi connectivity index (χ1n) is 8.38. The zero-order chi connectivity index (χ0) is 18.8. The summed E-state index contributed by atoms with van der Waals surface area (Å²) in [5.41, 5.74) is 1.43. The lowest BCUT2D eigenvalue weighted by molar-refractivity contribution is 0.298. The first-order valence-corrected chi connectivity index (χ1v) is 8.38. The first-order chi connectivity index (χ1) is 13.1. The fourth-order valence-electron chi connectivity index (χ4n) is 2.83. The molecule has 0 bridgehead atoms. The molecule has 0 saturated heterocycles. The van der Waals surface area contributed by atoms with E-state index in [1.54, 1.807) is 12.1 Å². The third-order valence-electron chi connectivity index (χ3n) is 4.19. The third-order valence-corrected chi connectivity index (χ3v) is 4.19. The Morgan fingerprint density at radius 2 is 1.56 bits per heavy atom. The van der Waals surface area contributed by atoms with E-state index in [4.69, 9.17) is 9.15 Å². The van der Waals surface area contributed by atoms with Crippen molar-refractivity contribution >= 4 is 11.0 Å². The molecule has 0 atom stereocenters. The summed E-state index contributed by atoms with van der Waals surface area (Å²) in [6, 6.07) is 20.1. The zero-order valence-corrected chi connectivity index (χ0v) is 14.3. The van der Waals surface area contributed by atoms with Gasteiger partial charge in [0.25, 0.3) is 0 Å². The fraction of sp³-hybridized carbons (Fsp3) is 0.0455. The maximum Gasteiger partial charge on any atom is 0.235 e. The van der Waals surface area contributed by atoms with Crippen LogP contribution in [0.15, 0.2) is 82.0 Å². The van der Waals surface area contributed by atoms with E-state index in [1.165, 1.54) is 30.3 Å². The molecule has 1 heterocycles. The highest BCUT2D eigenvalue weighted by Gasteiger charge is 2.18. The molecule has 4 aromatic rings. The van der Waals surface area contributed by atoms with E-state index in [0.717, 1.165) is 5.56 Å². The number of rotatable bonds is 4. The van der Waals surface area contributed by atoms with Gasteiger partial charge in [0, 0.05) is 11.6 Å². The van der Waals surface area contributed by atoms with Crippen molar-refractivity contribution in [3.05, 3.63) is 88.6 Å². The molecule has 0 radical (unpaired) electrons. The Bertz CT molecular complexity index is 1150. The standard InChI is InChI=1S/C22H16O5/c23-16-8-6-15(7-9-16)21-22(26-13-14-4-2-1-3-5-14)20(25)18-11-10-17(24)12-19(18)27-21/h1-12,23-24H,13H2. The minimum atomic E-state index is -0.324. The molecule has 0 fully saturated rings. The summed E-state index contributed by atoms with van der Waals surface area (Å²) in [4.78, 5) is 13.0. The Balaban J connectivity index is 1.87. The van der Waals surface area contributed by atoms with E-state index >= 15 is 0 Å². The van der Waals surface area contributed by atoms with Crippen molar-refractivity contribution in [2.24, 2.45) is 0 Å². The second-order valence-corrected chi connectivity index (χ2v) is 6.09. The molecule has 0 aliphatic heterocycles. The Kier molecular flexibility index (Phi) is 4.26. The van der Waals surface area contributed by atoms with Crippen molar-refractivity contribution < 1.29 is 19.4 Å². The topological polar surface area (TPSA) is 79.9 Å². The van der Waals surface area contributed by atoms with Crippen molar-refractivity contribution in [3.63, 3.8) is 0 Å². The lowest BCUT2D eigenvalue weighted by atomic mass is 10.1. The second kappa shape index (κ2) is 6.88. The van der Waals surface area contributed by atoms with Crippen molar-refractivity contribution in [3.8, 4) is 28.6 Å². The molecule has 5 heteroatoms. The van der Waals surface area contributed by atoms with Gasteiger partial charge in [0.2, 0.25) is 11.2 Å². The molecule has 0 unspecified atom stereocenters. The van der Waals surface area contributed by atoms with Crippen molar-refractivity contribution in [1.29, 1.82) is 0 Å². The van der Waals surface area contributed by atoms with Crippen LogP contribution in [-0.2, 0) is 6.61 Å². The van der Waals surface area contributed by atoms with Gasteiger partial charge in [0.1, 0.15) is 23.7 Å². The SMILES string of the molecule is O=c1c(OCc2ccccc2)c(-c2ccc(O)cc2)oc2cc(O)ccc12. The van der Waals surface area contributed by atoms with Crippen LogP contribution in [0.25, 0.3) is 22.3 Å². The van der Waals surface area contributed by atoms with E-state index < -0.39 is 0 Å². The van der Waals surface area contributed by atoms with Crippen molar-refractivity contribution in [2.45, 2.75) is 6.61 Å². The number of phenolic OH excluding ortho intramolecular Hbond substituents is 2. The highest BCUT2D eigenvalue weighted by Crippen LogP contribution is 2.33. The molecule has 3 aromatic carbocycles. The van der Waals surface area contributed by atoms with Crippen LogP contribution >= 0.6 is 0 Å². The average Bonchev–Trinajstić information content (AvgIpc) is 2.68. The van der Waals surface area contributed by atoms with Gasteiger partial charge in [-0.2, -0.15) is 0 Å². The molecule has 4 rings (SSSR count). The van der Waals surface area contributed by atoms with Crippen LogP contribution in [0.1, 0.15) is 5.56 Å². The minimum Gasteiger partial charge on any atom is -0.508 e. The van der Waals surface area contributed by atoms with E-state index in [1.807, 2.05) is 30.3 Å². The van der Waals surface area contributed by atoms with E-state index in [0.29, 0.717) is 10.9 Å². The number of phenols is 2. The highest BCUT2D eigenvalue weighted by atomic mass is 16.5. The van der Waals surface area contributed by atoms with Crippen LogP contribution in [0.5, 0.6) is 17.2 Å². The summed E-state index contributed by atoms with van der Waals surface area (Å²) < 4.78 is 11.7. The number of fused-ring (bicyclic) bond motifs is 1. The van der Waals surface area contributed by atoms with Crippen LogP contribution in [0.3, 0.4) is 0 Å². The highest BCUT2D eigenvalue weighted by molar-refractivity contribution is 5.83. The van der Waals surface area contributed by atoms with Crippen molar-refractivity contribution in [1.82, 2.24) is 0 Å². The number of hydrogen-bond acceptors (Lipinski definition) is 5. The van der Waals surface area contributed by atoms with E-state index in [2.05, 4.69) is 0 Å². The van der Waals surface area contributed by atoms with Crippen LogP contribution in [-0.4, -0.2) is 10.2 Å². The number of hydrogen-bond donors (Lipinski definition) is 2. The van der Waals surface area contributed by atoms with Crippen LogP contribution < -0.4 is 10.2 Å². The normalized spacial score (nSPS) is 10.8. The van der Waals surface area contributed by atoms with Gasteiger partial charge in [-0.05, 0) is 42.0 Å². The maximum atomic E-state index is 13.0. The summed E-state index contributed by atoms with van der Waals surface area (Å²) in [6.45, 7) is 0.209. The Hall–Kier alpha value is -3.73. The first kappa shape index (κ1) is 16.7. The summed E-state index contributed by atoms with van der Waals surface area (Å²) in [6.07, 6.45) is 0. The quantitative estimate of drug-likeness (QED) is 0.562. The van der Waals surface area contributed by atoms with Gasteiger partial charge in [-0.15, -0.1) is 0 Å². The summed E-state index contributed by atoms with van der Waals surface area (Å²) in [5, 5.41) is 19.6. The molecule has 1 aromatic heterocycles. The van der Waals surface area contributed by atoms with Gasteiger partial charge in [0.15, 0.2) is 5.76 Å². The molecule has 5 nitrogen and oxygen atoms in total. The second-order valence-electron chi connectivity index (χ2n) is 6.09. The summed E-state index contributed by atoms with van der Waals surface area (Å²) in [5.74, 6) is 0.434. The van der Waals surface area contributed by atoms with E-state index in [9.17, 15) is 15.0 Å². The number of ether oxygens (including phenoxy) is 1. The van der Waals surface area contributed by atoms with Gasteiger partial charge in [-0.1, -0.05) is 30.3 Å². The van der Waals surface area contributed by atoms with Gasteiger partial charge in [-0.25, -0.2) is 0 Å². The Morgan fingerprint density at radius 3 is 2.30 bits per heavy atom. The van der Waals surface area contributed by atoms with Gasteiger partial charge < -0.3 is 19.4 Å². The number of aromatic hydroxyl groups is 2. The van der Waals surface area contributed by atoms with Crippen LogP contribution in [0, 0.1) is 0 Å². The fourth-order valence-corrected chi connectivity index (χ4v) is 2.83. The molecule has 0 spiro atoms. The van der Waals surface area contributed by atoms with Gasteiger partial charge in [0.05, 0.1) is 5.39 Å². The third kappa shape index (κ3) is 3.35. The van der Waals surface area contributed by atoms with Crippen LogP contribution in [0.2, 0.25) is 0 Å². The summed E-state index contributed by atoms with van der Waals surface area (Å²) in [7, 11) is 0. The zero-order valence-electron chi connectivity index (χ0n) is 14.3. The largest absolute Gasteiger partial charge is 0.508 e. The lowest BCUT2D eigenvalue weighted by Crippen LogP contribution is -2.10. The summed E-state index contributed by atoms with van der Waals surface area (Å²) >= 11 is 0. The molecular weight excluding hydrogens is 344 g/mol. The monoisotopic (exact) mass is 360 g/mol. The maximum absolute atomic E-state index is 13.0. The van der Waals surface area contributed by atoms with Gasteiger partial charge >= 0.3 is 0 Å². The van der Waals surface area contributed by atoms with Crippen LogP contribution in [0.4, 0.5) is 0 Å². The molecule has 0 aliphatic rings. The average molecular weight is 360 g/mol. The number of benzene rings is 3. The van der Waals surface area contributed by atoms with Gasteiger partial charge in [-0.3, -0.25) is 4.79 Å². The predicted molar refractivity (Wildman–Crippen MR) is 102 cm³/mol. The molecule has 27 heavy (non-hydrogen) atoms. The lowest BCUT2D eigenvalue weighted by Gasteiger charge is -2.12.